The van der Waals surface area contributed by atoms with Gasteiger partial charge in [-0.05, 0) is 71.7 Å². The zero-order valence-electron chi connectivity index (χ0n) is 32.3. The highest BCUT2D eigenvalue weighted by atomic mass is 32.2. The van der Waals surface area contributed by atoms with Crippen molar-refractivity contribution >= 4 is 45.7 Å². The number of carbonyl (C=O) groups excluding carboxylic acids is 6. The number of fused-ring (bicyclic) bond motifs is 1. The Hall–Kier alpha value is -4.84. The molecule has 306 valence electrons. The van der Waals surface area contributed by atoms with Crippen LogP contribution in [0.5, 0.6) is 0 Å². The van der Waals surface area contributed by atoms with Crippen LogP contribution in [0.2, 0.25) is 0 Å². The van der Waals surface area contributed by atoms with Crippen molar-refractivity contribution in [3.63, 3.8) is 0 Å². The van der Waals surface area contributed by atoms with Gasteiger partial charge in [-0.1, -0.05) is 24.3 Å². The summed E-state index contributed by atoms with van der Waals surface area (Å²) < 4.78 is 53.2. The Morgan fingerprint density at radius 3 is 2.45 bits per heavy atom. The van der Waals surface area contributed by atoms with E-state index in [2.05, 4.69) is 21.9 Å². The van der Waals surface area contributed by atoms with Crippen LogP contribution in [-0.4, -0.2) is 122 Å². The monoisotopic (exact) mass is 802 g/mol. The van der Waals surface area contributed by atoms with E-state index in [9.17, 15) is 41.6 Å². The summed E-state index contributed by atoms with van der Waals surface area (Å²) in [6.45, 7) is 8.40. The number of alkyl carbamates (subject to hydrolysis) is 1. The zero-order valence-corrected chi connectivity index (χ0v) is 33.2. The molecular weight excluding hydrogens is 752 g/mol. The number of sulfonamides is 1. The van der Waals surface area contributed by atoms with Crippen LogP contribution in [0.4, 0.5) is 14.0 Å². The van der Waals surface area contributed by atoms with Crippen molar-refractivity contribution in [2.45, 2.75) is 95.0 Å². The maximum Gasteiger partial charge on any atom is 0.410 e. The van der Waals surface area contributed by atoms with Crippen molar-refractivity contribution in [1.82, 2.24) is 30.1 Å². The number of hydrogen-bond donors (Lipinski definition) is 3. The number of likely N-dealkylation sites (N-methyl/N-ethyl adjacent to an activating group) is 1. The Bertz CT molecular complexity index is 1890. The molecule has 2 aliphatic carbocycles. The summed E-state index contributed by atoms with van der Waals surface area (Å²) in [5.74, 6) is -3.80. The number of allylic oxidation sites excluding steroid dienone is 1. The SMILES string of the molecule is C=C[C@@H]1C[C@]1(CC(=O)C1C[C@@H](OC(=O)N2Cc3cccc(F)c3C2)CN1C(=O)[C@H](CNC(=O)/C=C/CN(C)C)NC(=O)OC(C)(C)C)C(=O)NS(=O)(=O)C1CC1. The van der Waals surface area contributed by atoms with Gasteiger partial charge in [0.25, 0.3) is 0 Å². The first-order valence-corrected chi connectivity index (χ1v) is 20.1. The fourth-order valence-corrected chi connectivity index (χ4v) is 8.33. The molecule has 1 aromatic rings. The summed E-state index contributed by atoms with van der Waals surface area (Å²) in [6, 6.07) is 1.78. The van der Waals surface area contributed by atoms with E-state index in [1.807, 2.05) is 19.0 Å². The summed E-state index contributed by atoms with van der Waals surface area (Å²) in [5.41, 5.74) is -1.42. The van der Waals surface area contributed by atoms with E-state index < -0.39 is 105 Å². The lowest BCUT2D eigenvalue weighted by atomic mass is 9.91. The number of ether oxygens (including phenoxy) is 2. The van der Waals surface area contributed by atoms with Gasteiger partial charge in [0.2, 0.25) is 27.7 Å². The largest absolute Gasteiger partial charge is 0.444 e. The summed E-state index contributed by atoms with van der Waals surface area (Å²) in [4.78, 5) is 85.5. The number of likely N-dealkylation sites (tertiary alicyclic amines) is 1. The molecule has 2 heterocycles. The van der Waals surface area contributed by atoms with E-state index in [4.69, 9.17) is 9.47 Å². The van der Waals surface area contributed by atoms with Crippen LogP contribution in [0.3, 0.4) is 0 Å². The van der Waals surface area contributed by atoms with Crippen LogP contribution in [0.25, 0.3) is 0 Å². The highest BCUT2D eigenvalue weighted by Gasteiger charge is 2.61. The number of rotatable bonds is 15. The second-order valence-electron chi connectivity index (χ2n) is 16.1. The van der Waals surface area contributed by atoms with Crippen LogP contribution >= 0.6 is 0 Å². The molecule has 18 heteroatoms. The predicted molar refractivity (Wildman–Crippen MR) is 200 cm³/mol. The lowest BCUT2D eigenvalue weighted by Crippen LogP contribution is -2.56. The lowest BCUT2D eigenvalue weighted by molar-refractivity contribution is -0.140. The normalized spacial score (nSPS) is 23.7. The minimum Gasteiger partial charge on any atom is -0.444 e. The van der Waals surface area contributed by atoms with E-state index in [0.29, 0.717) is 30.5 Å². The molecule has 0 spiro atoms. The summed E-state index contributed by atoms with van der Waals surface area (Å²) >= 11 is 0. The van der Waals surface area contributed by atoms with Crippen LogP contribution in [0.1, 0.15) is 64.0 Å². The highest BCUT2D eigenvalue weighted by molar-refractivity contribution is 7.90. The van der Waals surface area contributed by atoms with E-state index in [1.54, 1.807) is 32.9 Å². The first-order chi connectivity index (χ1) is 26.2. The summed E-state index contributed by atoms with van der Waals surface area (Å²) in [6.07, 6.45) is 1.87. The van der Waals surface area contributed by atoms with Gasteiger partial charge in [-0.15, -0.1) is 6.58 Å². The number of Topliss-reactive ketones (excluding diaryl/α,β-unsaturated/α-hetero) is 1. The Labute approximate surface area is 326 Å². The molecule has 3 N–H and O–H groups in total. The molecule has 2 saturated carbocycles. The van der Waals surface area contributed by atoms with Crippen molar-refractivity contribution in [3.05, 3.63) is 60.0 Å². The highest BCUT2D eigenvalue weighted by Crippen LogP contribution is 2.57. The maximum atomic E-state index is 14.5. The Morgan fingerprint density at radius 2 is 1.84 bits per heavy atom. The third-order valence-electron chi connectivity index (χ3n) is 10.1. The average molecular weight is 803 g/mol. The smallest absolute Gasteiger partial charge is 0.410 e. The maximum absolute atomic E-state index is 14.5. The second-order valence-corrected chi connectivity index (χ2v) is 18.1. The first kappa shape index (κ1) is 42.3. The van der Waals surface area contributed by atoms with E-state index in [1.165, 1.54) is 29.2 Å². The minimum atomic E-state index is -3.94. The molecule has 1 unspecified atom stereocenters. The average Bonchev–Trinajstić information content (AvgIpc) is 3.99. The second kappa shape index (κ2) is 16.7. The van der Waals surface area contributed by atoms with Gasteiger partial charge in [-0.2, -0.15) is 0 Å². The fourth-order valence-electron chi connectivity index (χ4n) is 6.95. The number of amides is 5. The summed E-state index contributed by atoms with van der Waals surface area (Å²) in [7, 11) is -0.313. The zero-order chi connectivity index (χ0) is 41.2. The fraction of sp³-hybridized carbons (Fsp3) is 0.579. The van der Waals surface area contributed by atoms with Gasteiger partial charge in [0.1, 0.15) is 23.6 Å². The van der Waals surface area contributed by atoms with Crippen LogP contribution in [0.15, 0.2) is 43.0 Å². The quantitative estimate of drug-likeness (QED) is 0.173. The number of nitrogens with zero attached hydrogens (tertiary/aromatic N) is 3. The molecule has 5 amide bonds. The summed E-state index contributed by atoms with van der Waals surface area (Å²) in [5, 5.41) is 4.39. The van der Waals surface area contributed by atoms with Gasteiger partial charge < -0.3 is 29.9 Å². The van der Waals surface area contributed by atoms with Crippen LogP contribution in [-0.2, 0) is 51.8 Å². The molecule has 1 saturated heterocycles. The minimum absolute atomic E-state index is 0.0481. The van der Waals surface area contributed by atoms with Gasteiger partial charge in [-0.25, -0.2) is 22.4 Å². The third-order valence-corrected chi connectivity index (χ3v) is 12.0. The lowest BCUT2D eigenvalue weighted by Gasteiger charge is -2.30. The molecule has 0 bridgehead atoms. The number of benzene rings is 1. The van der Waals surface area contributed by atoms with Gasteiger partial charge in [0.05, 0.1) is 29.8 Å². The first-order valence-electron chi connectivity index (χ1n) is 18.5. The number of halogens is 1. The van der Waals surface area contributed by atoms with Crippen molar-refractivity contribution in [1.29, 1.82) is 0 Å². The Morgan fingerprint density at radius 1 is 1.12 bits per heavy atom. The standard InChI is InChI=1S/C38H51FN6O10S/c1-7-24-17-38(24,34(49)42-56(52,53)26-13-14-26)18-31(46)30-16-25(54-36(51)44-20-23-10-8-11-28(39)27(23)22-44)21-45(30)33(48)29(41-35(50)55-37(2,3)4)19-40-32(47)12-9-15-43(5)6/h7-12,24-26,29-30H,1,13-22H2,2-6H3,(H,40,47)(H,41,50)(H,42,49)/b12-9+/t24-,25-,29+,30?,38-/m1/s1. The van der Waals surface area contributed by atoms with Gasteiger partial charge >= 0.3 is 12.2 Å². The van der Waals surface area contributed by atoms with E-state index in [-0.39, 0.29) is 32.5 Å². The van der Waals surface area contributed by atoms with E-state index in [0.717, 1.165) is 4.90 Å². The Kier molecular flexibility index (Phi) is 12.6. The molecule has 5 rings (SSSR count). The van der Waals surface area contributed by atoms with Crippen molar-refractivity contribution < 1.29 is 51.0 Å². The molecule has 3 fully saturated rings. The number of nitrogens with one attached hydrogen (secondary N) is 3. The molecule has 2 aliphatic heterocycles. The number of hydrogen-bond acceptors (Lipinski definition) is 11. The third kappa shape index (κ3) is 10.3. The van der Waals surface area contributed by atoms with Gasteiger partial charge in [0, 0.05) is 44.1 Å². The van der Waals surface area contributed by atoms with Crippen LogP contribution < -0.4 is 15.4 Å². The van der Waals surface area contributed by atoms with Crippen molar-refractivity contribution in [2.75, 3.05) is 33.7 Å². The van der Waals surface area contributed by atoms with Crippen molar-refractivity contribution in [3.8, 4) is 0 Å². The molecule has 4 aliphatic rings. The van der Waals surface area contributed by atoms with E-state index >= 15 is 0 Å². The molecule has 1 aromatic carbocycles. The van der Waals surface area contributed by atoms with Crippen molar-refractivity contribution in [2.24, 2.45) is 11.3 Å². The molecule has 5 atom stereocenters. The molecule has 16 nitrogen and oxygen atoms in total. The van der Waals surface area contributed by atoms with Gasteiger partial charge in [-0.3, -0.25) is 28.8 Å². The number of ketones is 1. The molecule has 56 heavy (non-hydrogen) atoms. The van der Waals surface area contributed by atoms with Crippen LogP contribution in [0, 0.1) is 17.2 Å². The molecule has 0 aromatic heterocycles. The topological polar surface area (TPSA) is 201 Å². The Balaban J connectivity index is 1.38. The molecule has 0 radical (unpaired) electrons. The predicted octanol–water partition coefficient (Wildman–Crippen LogP) is 2.13. The van der Waals surface area contributed by atoms with Gasteiger partial charge in [0.15, 0.2) is 5.78 Å². The molecular formula is C38H51FN6O10S. The number of carbonyl (C=O) groups is 6.